The Morgan fingerprint density at radius 2 is 2.03 bits per heavy atom. The average Bonchev–Trinajstić information content (AvgIpc) is 2.92. The molecule has 3 heterocycles. The van der Waals surface area contributed by atoms with Gasteiger partial charge in [-0.1, -0.05) is 11.6 Å². The summed E-state index contributed by atoms with van der Waals surface area (Å²) in [4.78, 5) is 23.6. The molecule has 1 fully saturated rings. The molecule has 7 nitrogen and oxygen atoms in total. The smallest absolute Gasteiger partial charge is 0.259 e. The van der Waals surface area contributed by atoms with Gasteiger partial charge in [-0.15, -0.1) is 0 Å². The number of hydrogen-bond donors (Lipinski definition) is 2. The highest BCUT2D eigenvalue weighted by Gasteiger charge is 2.33. The van der Waals surface area contributed by atoms with Crippen molar-refractivity contribution in [3.63, 3.8) is 0 Å². The third kappa shape index (κ3) is 7.15. The van der Waals surface area contributed by atoms with Crippen molar-refractivity contribution in [2.45, 2.75) is 56.5 Å². The number of halogens is 3. The molecule has 0 aliphatic carbocycles. The van der Waals surface area contributed by atoms with E-state index in [1.165, 1.54) is 25.1 Å². The summed E-state index contributed by atoms with van der Waals surface area (Å²) in [6.45, 7) is 6.52. The maximum atomic E-state index is 13.9. The number of nitrogens with one attached hydrogen (secondary N) is 2. The Balaban J connectivity index is 1.86. The second kappa shape index (κ2) is 10.4. The SMILES string of the molecule is COc1nc(N2CCCC(F)(F)CC2)c(C(=O)Nc2ccnc(SNC(C)(C)C)c2)cc1Cl. The van der Waals surface area contributed by atoms with Crippen molar-refractivity contribution in [1.29, 1.82) is 0 Å². The standard InChI is InChI=1S/C22H28ClF2N5O2S/c1-21(2,3)29-33-17-12-14(6-9-26-17)27-19(31)15-13-16(23)20(32-4)28-18(15)30-10-5-7-22(24,25)8-11-30/h6,9,12-13,29H,5,7-8,10-11H2,1-4H3,(H,26,27,31). The summed E-state index contributed by atoms with van der Waals surface area (Å²) in [5, 5.41) is 3.68. The molecule has 1 aliphatic heterocycles. The van der Waals surface area contributed by atoms with Gasteiger partial charge in [-0.05, 0) is 57.3 Å². The number of aromatic nitrogens is 2. The highest BCUT2D eigenvalue weighted by Crippen LogP contribution is 2.34. The molecule has 0 bridgehead atoms. The van der Waals surface area contributed by atoms with E-state index < -0.39 is 11.8 Å². The van der Waals surface area contributed by atoms with Crippen LogP contribution in [0, 0.1) is 0 Å². The molecule has 0 aromatic carbocycles. The largest absolute Gasteiger partial charge is 0.480 e. The summed E-state index contributed by atoms with van der Waals surface area (Å²) in [5.74, 6) is -2.79. The number of methoxy groups -OCH3 is 1. The van der Waals surface area contributed by atoms with Gasteiger partial charge < -0.3 is 15.0 Å². The Morgan fingerprint density at radius 1 is 1.27 bits per heavy atom. The normalized spacial score (nSPS) is 16.3. The molecule has 11 heteroatoms. The lowest BCUT2D eigenvalue weighted by molar-refractivity contribution is -0.0102. The molecular weight excluding hydrogens is 472 g/mol. The number of anilines is 2. The van der Waals surface area contributed by atoms with E-state index in [0.29, 0.717) is 17.3 Å². The highest BCUT2D eigenvalue weighted by molar-refractivity contribution is 7.97. The third-order valence-corrected chi connectivity index (χ3v) is 6.25. The Morgan fingerprint density at radius 3 is 2.73 bits per heavy atom. The summed E-state index contributed by atoms with van der Waals surface area (Å²) in [6.07, 6.45) is 1.37. The van der Waals surface area contributed by atoms with Crippen LogP contribution in [0.25, 0.3) is 0 Å². The molecule has 0 atom stereocenters. The number of nitrogens with zero attached hydrogens (tertiary/aromatic N) is 3. The van der Waals surface area contributed by atoms with Crippen molar-refractivity contribution < 1.29 is 18.3 Å². The minimum Gasteiger partial charge on any atom is -0.480 e. The second-order valence-electron chi connectivity index (χ2n) is 8.84. The predicted molar refractivity (Wildman–Crippen MR) is 128 cm³/mol. The van der Waals surface area contributed by atoms with E-state index in [4.69, 9.17) is 16.3 Å². The quantitative estimate of drug-likeness (QED) is 0.514. The lowest BCUT2D eigenvalue weighted by Gasteiger charge is -2.24. The number of carbonyl (C=O) groups excluding carboxylic acids is 1. The Kier molecular flexibility index (Phi) is 8.02. The first-order chi connectivity index (χ1) is 15.5. The third-order valence-electron chi connectivity index (χ3n) is 4.83. The number of carbonyl (C=O) groups is 1. The molecule has 2 aromatic rings. The molecule has 3 rings (SSSR count). The molecule has 0 spiro atoms. The maximum Gasteiger partial charge on any atom is 0.259 e. The Hall–Kier alpha value is -2.17. The van der Waals surface area contributed by atoms with Gasteiger partial charge in [0.2, 0.25) is 11.8 Å². The molecule has 2 aromatic heterocycles. The van der Waals surface area contributed by atoms with E-state index in [2.05, 4.69) is 20.0 Å². The van der Waals surface area contributed by atoms with Crippen LogP contribution < -0.4 is 19.7 Å². The van der Waals surface area contributed by atoms with Crippen LogP contribution in [0.1, 0.15) is 50.4 Å². The van der Waals surface area contributed by atoms with E-state index >= 15 is 0 Å². The first-order valence-corrected chi connectivity index (χ1v) is 11.8. The molecule has 33 heavy (non-hydrogen) atoms. The van der Waals surface area contributed by atoms with E-state index in [1.807, 2.05) is 20.8 Å². The highest BCUT2D eigenvalue weighted by atomic mass is 35.5. The van der Waals surface area contributed by atoms with Gasteiger partial charge in [0.1, 0.15) is 15.9 Å². The van der Waals surface area contributed by atoms with Gasteiger partial charge in [-0.3, -0.25) is 9.52 Å². The number of ether oxygens (including phenoxy) is 1. The Labute approximate surface area is 201 Å². The van der Waals surface area contributed by atoms with Crippen LogP contribution in [0.3, 0.4) is 0 Å². The fraction of sp³-hybridized carbons (Fsp3) is 0.500. The first kappa shape index (κ1) is 25.5. The van der Waals surface area contributed by atoms with Crippen molar-refractivity contribution in [2.24, 2.45) is 0 Å². The fourth-order valence-electron chi connectivity index (χ4n) is 3.24. The number of alkyl halides is 2. The summed E-state index contributed by atoms with van der Waals surface area (Å²) >= 11 is 7.60. The zero-order valence-corrected chi connectivity index (χ0v) is 20.6. The predicted octanol–water partition coefficient (Wildman–Crippen LogP) is 5.41. The van der Waals surface area contributed by atoms with Gasteiger partial charge in [-0.25, -0.2) is 13.8 Å². The molecule has 0 unspecified atom stereocenters. The van der Waals surface area contributed by atoms with Crippen LogP contribution in [0.4, 0.5) is 20.3 Å². The maximum absolute atomic E-state index is 13.9. The van der Waals surface area contributed by atoms with Crippen LogP contribution in [-0.2, 0) is 0 Å². The number of hydrogen-bond acceptors (Lipinski definition) is 7. The first-order valence-electron chi connectivity index (χ1n) is 10.6. The van der Waals surface area contributed by atoms with Crippen LogP contribution >= 0.6 is 23.5 Å². The van der Waals surface area contributed by atoms with Crippen LogP contribution in [0.5, 0.6) is 5.88 Å². The van der Waals surface area contributed by atoms with E-state index in [-0.39, 0.29) is 53.6 Å². The topological polar surface area (TPSA) is 79.4 Å². The number of amides is 1. The molecule has 0 saturated carbocycles. The van der Waals surface area contributed by atoms with Gasteiger partial charge in [0.05, 0.1) is 12.7 Å². The van der Waals surface area contributed by atoms with Crippen LogP contribution in [0.2, 0.25) is 5.02 Å². The molecule has 1 aliphatic rings. The summed E-state index contributed by atoms with van der Waals surface area (Å²) in [6, 6.07) is 4.87. The van der Waals surface area contributed by atoms with Crippen molar-refractivity contribution >= 4 is 41.0 Å². The second-order valence-corrected chi connectivity index (χ2v) is 10.1. The fourth-order valence-corrected chi connectivity index (χ4v) is 4.18. The molecule has 2 N–H and O–H groups in total. The summed E-state index contributed by atoms with van der Waals surface area (Å²) in [5.41, 5.74) is 0.606. The zero-order valence-electron chi connectivity index (χ0n) is 19.0. The van der Waals surface area contributed by atoms with Crippen LogP contribution in [0.15, 0.2) is 29.4 Å². The minimum absolute atomic E-state index is 0.0690. The monoisotopic (exact) mass is 499 g/mol. The molecule has 0 radical (unpaired) electrons. The van der Waals surface area contributed by atoms with Gasteiger partial charge in [0.15, 0.2) is 0 Å². The van der Waals surface area contributed by atoms with Crippen molar-refractivity contribution in [3.8, 4) is 5.88 Å². The molecular formula is C22H28ClF2N5O2S. The number of pyridine rings is 2. The van der Waals surface area contributed by atoms with Crippen molar-refractivity contribution in [1.82, 2.24) is 14.7 Å². The van der Waals surface area contributed by atoms with Crippen LogP contribution in [-0.4, -0.2) is 47.5 Å². The van der Waals surface area contributed by atoms with Gasteiger partial charge in [-0.2, -0.15) is 4.98 Å². The van der Waals surface area contributed by atoms with Crippen molar-refractivity contribution in [2.75, 3.05) is 30.4 Å². The minimum atomic E-state index is -2.74. The lowest BCUT2D eigenvalue weighted by atomic mass is 10.1. The molecule has 180 valence electrons. The van der Waals surface area contributed by atoms with Gasteiger partial charge in [0.25, 0.3) is 5.91 Å². The van der Waals surface area contributed by atoms with E-state index in [9.17, 15) is 13.6 Å². The molecule has 1 amide bonds. The van der Waals surface area contributed by atoms with Gasteiger partial charge in [0, 0.05) is 43.4 Å². The summed E-state index contributed by atoms with van der Waals surface area (Å²) < 4.78 is 36.3. The van der Waals surface area contributed by atoms with Gasteiger partial charge >= 0.3 is 0 Å². The molecule has 1 saturated heterocycles. The van der Waals surface area contributed by atoms with E-state index in [1.54, 1.807) is 23.2 Å². The Bertz CT molecular complexity index is 1000. The summed E-state index contributed by atoms with van der Waals surface area (Å²) in [7, 11) is 1.41. The average molecular weight is 500 g/mol. The zero-order chi connectivity index (χ0) is 24.2. The van der Waals surface area contributed by atoms with E-state index in [0.717, 1.165) is 0 Å². The number of rotatable bonds is 6. The lowest BCUT2D eigenvalue weighted by Crippen LogP contribution is -2.30. The van der Waals surface area contributed by atoms with Crippen molar-refractivity contribution in [3.05, 3.63) is 35.0 Å².